The van der Waals surface area contributed by atoms with Gasteiger partial charge in [-0.1, -0.05) is 13.8 Å². The van der Waals surface area contributed by atoms with Crippen LogP contribution in [0.4, 0.5) is 11.5 Å². The van der Waals surface area contributed by atoms with Gasteiger partial charge in [0.05, 0.1) is 12.6 Å². The van der Waals surface area contributed by atoms with E-state index in [-0.39, 0.29) is 12.6 Å². The molecule has 0 saturated carbocycles. The number of rotatable bonds is 6. The molecule has 4 heteroatoms. The van der Waals surface area contributed by atoms with Gasteiger partial charge in [-0.3, -0.25) is 0 Å². The smallest absolute Gasteiger partial charge is 0.127 e. The zero-order chi connectivity index (χ0) is 12.0. The lowest BCUT2D eigenvalue weighted by Crippen LogP contribution is -2.29. The molecule has 1 heterocycles. The topological polar surface area (TPSA) is 57.2 Å². The highest BCUT2D eigenvalue weighted by molar-refractivity contribution is 5.52. The van der Waals surface area contributed by atoms with Gasteiger partial charge in [0.1, 0.15) is 5.82 Å². The number of anilines is 2. The first-order chi connectivity index (χ1) is 7.67. The Labute approximate surface area is 97.1 Å². The van der Waals surface area contributed by atoms with Gasteiger partial charge in [0.2, 0.25) is 0 Å². The molecule has 0 aliphatic rings. The Morgan fingerprint density at radius 3 is 2.75 bits per heavy atom. The van der Waals surface area contributed by atoms with Gasteiger partial charge in [0, 0.05) is 24.5 Å². The Morgan fingerprint density at radius 1 is 1.44 bits per heavy atom. The van der Waals surface area contributed by atoms with E-state index in [4.69, 9.17) is 0 Å². The Balaban J connectivity index is 2.68. The van der Waals surface area contributed by atoms with Gasteiger partial charge in [0.25, 0.3) is 0 Å². The second-order valence-electron chi connectivity index (χ2n) is 4.14. The number of nitrogens with one attached hydrogen (secondary N) is 2. The van der Waals surface area contributed by atoms with E-state index in [9.17, 15) is 5.11 Å². The minimum absolute atomic E-state index is 0.0804. The van der Waals surface area contributed by atoms with Crippen molar-refractivity contribution in [2.45, 2.75) is 26.8 Å². The number of hydrogen-bond acceptors (Lipinski definition) is 4. The molecule has 90 valence electrons. The number of aliphatic hydroxyl groups excluding tert-OH is 1. The predicted molar refractivity (Wildman–Crippen MR) is 67.7 cm³/mol. The number of aromatic nitrogens is 1. The third-order valence-corrected chi connectivity index (χ3v) is 2.47. The molecular weight excluding hydrogens is 202 g/mol. The molecule has 16 heavy (non-hydrogen) atoms. The highest BCUT2D eigenvalue weighted by Gasteiger charge is 2.11. The maximum atomic E-state index is 9.24. The standard InChI is InChI=1S/C12H21N3O/c1-4-13-12-7-10(5-6-14-12)15-11(8-16)9(2)3/h5-7,9,11,16H,4,8H2,1-3H3,(H2,13,14,15). The second kappa shape index (κ2) is 6.33. The van der Waals surface area contributed by atoms with E-state index in [1.54, 1.807) is 6.20 Å². The summed E-state index contributed by atoms with van der Waals surface area (Å²) in [5.74, 6) is 1.24. The molecule has 1 unspecified atom stereocenters. The lowest BCUT2D eigenvalue weighted by atomic mass is 10.1. The van der Waals surface area contributed by atoms with Gasteiger partial charge in [-0.15, -0.1) is 0 Å². The molecule has 0 fully saturated rings. The lowest BCUT2D eigenvalue weighted by Gasteiger charge is -2.21. The number of pyridine rings is 1. The quantitative estimate of drug-likeness (QED) is 0.690. The normalized spacial score (nSPS) is 12.6. The van der Waals surface area contributed by atoms with Crippen LogP contribution >= 0.6 is 0 Å². The molecule has 3 N–H and O–H groups in total. The van der Waals surface area contributed by atoms with Crippen molar-refractivity contribution in [3.63, 3.8) is 0 Å². The maximum absolute atomic E-state index is 9.24. The van der Waals surface area contributed by atoms with Crippen molar-refractivity contribution >= 4 is 11.5 Å². The van der Waals surface area contributed by atoms with Crippen LogP contribution in [0.1, 0.15) is 20.8 Å². The number of nitrogens with zero attached hydrogens (tertiary/aromatic N) is 1. The zero-order valence-electron chi connectivity index (χ0n) is 10.2. The summed E-state index contributed by atoms with van der Waals surface area (Å²) in [5, 5.41) is 15.7. The molecule has 0 saturated heterocycles. The van der Waals surface area contributed by atoms with E-state index in [1.807, 2.05) is 19.1 Å². The molecule has 0 amide bonds. The van der Waals surface area contributed by atoms with Crippen LogP contribution in [0.15, 0.2) is 18.3 Å². The van der Waals surface area contributed by atoms with Gasteiger partial charge < -0.3 is 15.7 Å². The van der Waals surface area contributed by atoms with Crippen LogP contribution in [-0.2, 0) is 0 Å². The van der Waals surface area contributed by atoms with Crippen molar-refractivity contribution < 1.29 is 5.11 Å². The van der Waals surface area contributed by atoms with Gasteiger partial charge in [-0.2, -0.15) is 0 Å². The average molecular weight is 223 g/mol. The average Bonchev–Trinajstić information content (AvgIpc) is 2.26. The first kappa shape index (κ1) is 12.8. The van der Waals surface area contributed by atoms with Gasteiger partial charge in [-0.05, 0) is 18.9 Å². The fraction of sp³-hybridized carbons (Fsp3) is 0.583. The molecule has 0 radical (unpaired) electrons. The lowest BCUT2D eigenvalue weighted by molar-refractivity contribution is 0.249. The largest absolute Gasteiger partial charge is 0.394 e. The van der Waals surface area contributed by atoms with Crippen LogP contribution in [0.5, 0.6) is 0 Å². The van der Waals surface area contributed by atoms with Crippen molar-refractivity contribution in [1.29, 1.82) is 0 Å². The van der Waals surface area contributed by atoms with Crippen molar-refractivity contribution in [1.82, 2.24) is 4.98 Å². The second-order valence-corrected chi connectivity index (χ2v) is 4.14. The van der Waals surface area contributed by atoms with Crippen LogP contribution in [0.3, 0.4) is 0 Å². The Hall–Kier alpha value is -1.29. The summed E-state index contributed by atoms with van der Waals surface area (Å²) >= 11 is 0. The highest BCUT2D eigenvalue weighted by atomic mass is 16.3. The molecule has 0 aliphatic heterocycles. The van der Waals surface area contributed by atoms with Crippen molar-refractivity contribution in [2.75, 3.05) is 23.8 Å². The summed E-state index contributed by atoms with van der Waals surface area (Å²) in [6.07, 6.45) is 1.76. The minimum atomic E-state index is 0.0804. The first-order valence-corrected chi connectivity index (χ1v) is 5.74. The molecule has 1 rings (SSSR count). The van der Waals surface area contributed by atoms with Crippen LogP contribution in [0, 0.1) is 5.92 Å². The van der Waals surface area contributed by atoms with E-state index in [0.29, 0.717) is 5.92 Å². The van der Waals surface area contributed by atoms with Crippen LogP contribution in [0.25, 0.3) is 0 Å². The molecule has 0 spiro atoms. The third kappa shape index (κ3) is 3.70. The number of aliphatic hydroxyl groups is 1. The van der Waals surface area contributed by atoms with E-state index in [1.165, 1.54) is 0 Å². The van der Waals surface area contributed by atoms with Gasteiger partial charge >= 0.3 is 0 Å². The van der Waals surface area contributed by atoms with Crippen molar-refractivity contribution in [3.05, 3.63) is 18.3 Å². The molecule has 0 bridgehead atoms. The molecule has 4 nitrogen and oxygen atoms in total. The predicted octanol–water partition coefficient (Wildman–Crippen LogP) is 1.94. The SMILES string of the molecule is CCNc1cc(NC(CO)C(C)C)ccn1. The Kier molecular flexibility index (Phi) is 5.05. The van der Waals surface area contributed by atoms with Crippen LogP contribution < -0.4 is 10.6 Å². The van der Waals surface area contributed by atoms with E-state index in [2.05, 4.69) is 29.5 Å². The van der Waals surface area contributed by atoms with Crippen molar-refractivity contribution in [2.24, 2.45) is 5.92 Å². The molecule has 1 aromatic rings. The Bertz CT molecular complexity index is 315. The molecule has 1 atom stereocenters. The summed E-state index contributed by atoms with van der Waals surface area (Å²) in [6, 6.07) is 3.94. The minimum Gasteiger partial charge on any atom is -0.394 e. The Morgan fingerprint density at radius 2 is 2.19 bits per heavy atom. The van der Waals surface area contributed by atoms with E-state index >= 15 is 0 Å². The fourth-order valence-corrected chi connectivity index (χ4v) is 1.44. The summed E-state index contributed by atoms with van der Waals surface area (Å²) in [4.78, 5) is 4.19. The van der Waals surface area contributed by atoms with Crippen LogP contribution in [-0.4, -0.2) is 29.3 Å². The number of hydrogen-bond donors (Lipinski definition) is 3. The van der Waals surface area contributed by atoms with E-state index in [0.717, 1.165) is 18.1 Å². The maximum Gasteiger partial charge on any atom is 0.127 e. The zero-order valence-corrected chi connectivity index (χ0v) is 10.2. The highest BCUT2D eigenvalue weighted by Crippen LogP contribution is 2.15. The molecule has 0 aromatic carbocycles. The molecule has 1 aromatic heterocycles. The first-order valence-electron chi connectivity index (χ1n) is 5.74. The molecule has 0 aliphatic carbocycles. The van der Waals surface area contributed by atoms with Gasteiger partial charge in [-0.25, -0.2) is 4.98 Å². The monoisotopic (exact) mass is 223 g/mol. The van der Waals surface area contributed by atoms with Crippen molar-refractivity contribution in [3.8, 4) is 0 Å². The van der Waals surface area contributed by atoms with E-state index < -0.39 is 0 Å². The summed E-state index contributed by atoms with van der Waals surface area (Å²) < 4.78 is 0. The summed E-state index contributed by atoms with van der Waals surface area (Å²) in [5.41, 5.74) is 0.985. The summed E-state index contributed by atoms with van der Waals surface area (Å²) in [6.45, 7) is 7.19. The fourth-order valence-electron chi connectivity index (χ4n) is 1.44. The third-order valence-electron chi connectivity index (χ3n) is 2.47. The molecular formula is C12H21N3O. The summed E-state index contributed by atoms with van der Waals surface area (Å²) in [7, 11) is 0. The van der Waals surface area contributed by atoms with Gasteiger partial charge in [0.15, 0.2) is 0 Å². The van der Waals surface area contributed by atoms with Crippen LogP contribution in [0.2, 0.25) is 0 Å².